The molecule has 43 valence electrons. The van der Waals surface area contributed by atoms with Crippen molar-refractivity contribution in [3.63, 3.8) is 0 Å². The maximum absolute atomic E-state index is 9.96. The molecule has 0 aromatic rings. The summed E-state index contributed by atoms with van der Waals surface area (Å²) in [5, 5.41) is 0. The summed E-state index contributed by atoms with van der Waals surface area (Å²) in [6.45, 7) is 4.48. The summed E-state index contributed by atoms with van der Waals surface area (Å²) in [5.41, 5.74) is 0.903. The van der Waals surface area contributed by atoms with Gasteiger partial charge in [-0.1, -0.05) is 6.58 Å². The summed E-state index contributed by atoms with van der Waals surface area (Å²) in [4.78, 5) is 11.5. The molecule has 0 bridgehead atoms. The molecule has 0 saturated carbocycles. The van der Waals surface area contributed by atoms with Crippen LogP contribution in [0.25, 0.3) is 0 Å². The van der Waals surface area contributed by atoms with Crippen LogP contribution in [0, 0.1) is 0 Å². The predicted molar refractivity (Wildman–Crippen MR) is 30.8 cm³/mol. The van der Waals surface area contributed by atoms with Crippen LogP contribution in [0.1, 0.15) is 12.8 Å². The van der Waals surface area contributed by atoms with Crippen molar-refractivity contribution in [3.05, 3.63) is 12.3 Å². The van der Waals surface area contributed by atoms with Gasteiger partial charge in [0.1, 0.15) is 0 Å². The Morgan fingerprint density at radius 3 is 2.75 bits per heavy atom. The lowest BCUT2D eigenvalue weighted by molar-refractivity contribution is 0.473. The lowest BCUT2D eigenvalue weighted by Gasteiger charge is -2.04. The number of allylic oxidation sites excluding steroid dienone is 1. The second-order valence-electron chi connectivity index (χ2n) is 1.91. The Kier molecular flexibility index (Phi) is 1.33. The zero-order chi connectivity index (χ0) is 5.98. The van der Waals surface area contributed by atoms with E-state index < -0.39 is 0 Å². The van der Waals surface area contributed by atoms with Gasteiger partial charge in [-0.05, 0) is 12.8 Å². The summed E-state index contributed by atoms with van der Waals surface area (Å²) in [5.74, 6) is 0. The first kappa shape index (κ1) is 5.35. The first-order chi connectivity index (χ1) is 3.84. The van der Waals surface area contributed by atoms with Gasteiger partial charge in [-0.2, -0.15) is 0 Å². The number of hydrogen-bond donors (Lipinski definition) is 0. The monoisotopic (exact) mass is 110 g/mol. The van der Waals surface area contributed by atoms with Gasteiger partial charge in [-0.15, -0.1) is 0 Å². The molecule has 1 heterocycles. The van der Waals surface area contributed by atoms with E-state index in [9.17, 15) is 4.79 Å². The fourth-order valence-electron chi connectivity index (χ4n) is 0.844. The largest absolute Gasteiger partial charge is 0.316 e. The van der Waals surface area contributed by atoms with Gasteiger partial charge in [0.25, 0.3) is 0 Å². The Bertz CT molecular complexity index is 120. The number of nitrogens with zero attached hydrogens (tertiary/aromatic N) is 1. The lowest BCUT2D eigenvalue weighted by Crippen LogP contribution is -2.13. The van der Waals surface area contributed by atoms with E-state index in [0.29, 0.717) is 0 Å². The quantitative estimate of drug-likeness (QED) is 0.485. The maximum Gasteiger partial charge on any atom is 0.316 e. The minimum absolute atomic E-state index is 0.808. The number of likely N-dealkylation sites (tertiary alicyclic amines) is 1. The van der Waals surface area contributed by atoms with E-state index in [0.717, 1.165) is 25.1 Å². The van der Waals surface area contributed by atoms with Gasteiger partial charge < -0.3 is 4.90 Å². The zero-order valence-electron chi connectivity index (χ0n) is 4.68. The van der Waals surface area contributed by atoms with Crippen LogP contribution in [0.4, 0.5) is 0 Å². The molecule has 0 N–H and O–H groups in total. The molecule has 0 aliphatic carbocycles. The van der Waals surface area contributed by atoms with Crippen LogP contribution in [0.3, 0.4) is 0 Å². The second-order valence-corrected chi connectivity index (χ2v) is 1.91. The van der Waals surface area contributed by atoms with Crippen LogP contribution in [-0.2, 0) is 4.79 Å². The Labute approximate surface area is 48.8 Å². The highest BCUT2D eigenvalue weighted by Crippen LogP contribution is 2.15. The van der Waals surface area contributed by atoms with Crippen LogP contribution < -0.4 is 0 Å². The van der Waals surface area contributed by atoms with E-state index in [1.165, 1.54) is 4.90 Å². The van der Waals surface area contributed by atoms with Crippen molar-refractivity contribution >= 4 is 6.41 Å². The molecule has 1 radical (unpaired) electrons. The Balaban J connectivity index is 2.54. The van der Waals surface area contributed by atoms with Crippen molar-refractivity contribution in [1.82, 2.24) is 4.90 Å². The highest BCUT2D eigenvalue weighted by molar-refractivity contribution is 5.52. The summed E-state index contributed by atoms with van der Waals surface area (Å²) < 4.78 is 0. The number of amides is 1. The normalized spacial score (nSPS) is 19.5. The zero-order valence-corrected chi connectivity index (χ0v) is 4.68. The average Bonchev–Trinajstić information content (AvgIpc) is 2.14. The molecule has 0 spiro atoms. The van der Waals surface area contributed by atoms with Gasteiger partial charge in [0.2, 0.25) is 0 Å². The molecule has 2 nitrogen and oxygen atoms in total. The molecular weight excluding hydrogens is 102 g/mol. The first-order valence-corrected chi connectivity index (χ1v) is 2.67. The smallest absolute Gasteiger partial charge is 0.309 e. The Hall–Kier alpha value is -0.790. The molecule has 8 heavy (non-hydrogen) atoms. The van der Waals surface area contributed by atoms with E-state index in [-0.39, 0.29) is 0 Å². The van der Waals surface area contributed by atoms with Crippen LogP contribution in [0.5, 0.6) is 0 Å². The summed E-state index contributed by atoms with van der Waals surface area (Å²) >= 11 is 0. The maximum atomic E-state index is 9.96. The van der Waals surface area contributed by atoms with Crippen LogP contribution >= 0.6 is 0 Å². The van der Waals surface area contributed by atoms with E-state index in [1.807, 2.05) is 0 Å². The molecule has 1 fully saturated rings. The molecule has 1 saturated heterocycles. The number of carbonyl (C=O) groups excluding carboxylic acids is 1. The third-order valence-corrected chi connectivity index (χ3v) is 1.34. The minimum atomic E-state index is 0.808. The first-order valence-electron chi connectivity index (χ1n) is 2.67. The molecule has 1 amide bonds. The molecule has 1 rings (SSSR count). The van der Waals surface area contributed by atoms with E-state index in [4.69, 9.17) is 0 Å². The Morgan fingerprint density at radius 2 is 2.50 bits per heavy atom. The third-order valence-electron chi connectivity index (χ3n) is 1.34. The SMILES string of the molecule is C=C1CCCN1[C]=O. The molecule has 2 heteroatoms. The average molecular weight is 110 g/mol. The van der Waals surface area contributed by atoms with Crippen molar-refractivity contribution in [2.75, 3.05) is 6.54 Å². The molecule has 0 aromatic carbocycles. The molecule has 0 unspecified atom stereocenters. The van der Waals surface area contributed by atoms with Gasteiger partial charge >= 0.3 is 6.41 Å². The van der Waals surface area contributed by atoms with Gasteiger partial charge in [-0.3, -0.25) is 4.79 Å². The predicted octanol–water partition coefficient (Wildman–Crippen LogP) is 0.663. The topological polar surface area (TPSA) is 20.3 Å². The van der Waals surface area contributed by atoms with Gasteiger partial charge in [0, 0.05) is 12.2 Å². The standard InChI is InChI=1S/C6H8NO/c1-6-3-2-4-7(6)5-8/h1-4H2. The van der Waals surface area contributed by atoms with Gasteiger partial charge in [0.05, 0.1) is 0 Å². The highest BCUT2D eigenvalue weighted by atomic mass is 16.1. The summed E-state index contributed by atoms with van der Waals surface area (Å²) in [7, 11) is 0. The number of rotatable bonds is 1. The molecule has 1 aliphatic heterocycles. The van der Waals surface area contributed by atoms with Crippen LogP contribution in [-0.4, -0.2) is 17.9 Å². The van der Waals surface area contributed by atoms with Crippen molar-refractivity contribution < 1.29 is 4.79 Å². The van der Waals surface area contributed by atoms with Crippen molar-refractivity contribution in [1.29, 1.82) is 0 Å². The van der Waals surface area contributed by atoms with Gasteiger partial charge in [-0.25, -0.2) is 0 Å². The third kappa shape index (κ3) is 0.735. The highest BCUT2D eigenvalue weighted by Gasteiger charge is 2.13. The number of hydrogen-bond acceptors (Lipinski definition) is 1. The summed E-state index contributed by atoms with van der Waals surface area (Å²) in [6, 6.07) is 0. The second kappa shape index (κ2) is 1.99. The van der Waals surface area contributed by atoms with Crippen molar-refractivity contribution in [2.24, 2.45) is 0 Å². The van der Waals surface area contributed by atoms with Crippen molar-refractivity contribution in [3.8, 4) is 0 Å². The molecule has 1 aliphatic rings. The molecule has 0 aromatic heterocycles. The van der Waals surface area contributed by atoms with Gasteiger partial charge in [0.15, 0.2) is 0 Å². The Morgan fingerprint density at radius 1 is 1.75 bits per heavy atom. The molecule has 0 atom stereocenters. The van der Waals surface area contributed by atoms with Crippen LogP contribution in [0.2, 0.25) is 0 Å². The fraction of sp³-hybridized carbons (Fsp3) is 0.500. The molecular formula is C6H8NO. The minimum Gasteiger partial charge on any atom is -0.309 e. The fourth-order valence-corrected chi connectivity index (χ4v) is 0.844. The van der Waals surface area contributed by atoms with Crippen LogP contribution in [0.15, 0.2) is 12.3 Å². The van der Waals surface area contributed by atoms with E-state index >= 15 is 0 Å². The lowest BCUT2D eigenvalue weighted by atomic mass is 10.3. The summed E-state index contributed by atoms with van der Waals surface area (Å²) in [6.07, 6.45) is 3.80. The van der Waals surface area contributed by atoms with E-state index in [1.54, 1.807) is 6.41 Å². The van der Waals surface area contributed by atoms with E-state index in [2.05, 4.69) is 6.58 Å². The van der Waals surface area contributed by atoms with Crippen molar-refractivity contribution in [2.45, 2.75) is 12.8 Å².